The smallest absolute Gasteiger partial charge is 0.344 e. The van der Waals surface area contributed by atoms with Gasteiger partial charge in [0.1, 0.15) is 12.1 Å². The van der Waals surface area contributed by atoms with Crippen molar-refractivity contribution in [3.8, 4) is 0 Å². The van der Waals surface area contributed by atoms with Crippen molar-refractivity contribution < 1.29 is 27.5 Å². The second kappa shape index (κ2) is 7.76. The van der Waals surface area contributed by atoms with Gasteiger partial charge in [-0.3, -0.25) is 4.79 Å². The Morgan fingerprint density at radius 2 is 1.71 bits per heavy atom. The molecular weight excluding hydrogens is 334 g/mol. The average Bonchev–Trinajstić information content (AvgIpc) is 2.44. The number of nitrogens with one attached hydrogen (secondary N) is 1. The van der Waals surface area contributed by atoms with Gasteiger partial charge < -0.3 is 9.47 Å². The van der Waals surface area contributed by atoms with Crippen molar-refractivity contribution in [1.82, 2.24) is 4.72 Å². The minimum atomic E-state index is -3.83. The number of benzene rings is 1. The van der Waals surface area contributed by atoms with E-state index in [4.69, 9.17) is 4.74 Å². The first-order valence-electron chi connectivity index (χ1n) is 7.35. The molecule has 24 heavy (non-hydrogen) atoms. The minimum absolute atomic E-state index is 0.0607. The van der Waals surface area contributed by atoms with E-state index in [2.05, 4.69) is 9.46 Å². The lowest BCUT2D eigenvalue weighted by Crippen LogP contribution is -2.33. The molecule has 0 unspecified atom stereocenters. The molecule has 0 saturated heterocycles. The van der Waals surface area contributed by atoms with Crippen LogP contribution in [-0.2, 0) is 29.1 Å². The van der Waals surface area contributed by atoms with Gasteiger partial charge >= 0.3 is 11.9 Å². The van der Waals surface area contributed by atoms with Crippen LogP contribution in [0.2, 0.25) is 0 Å². The van der Waals surface area contributed by atoms with E-state index < -0.39 is 40.7 Å². The van der Waals surface area contributed by atoms with Gasteiger partial charge in [-0.25, -0.2) is 13.2 Å². The first-order chi connectivity index (χ1) is 10.9. The van der Waals surface area contributed by atoms with Crippen LogP contribution in [0.25, 0.3) is 0 Å². The summed E-state index contributed by atoms with van der Waals surface area (Å²) in [6.45, 7) is 7.58. The zero-order valence-corrected chi connectivity index (χ0v) is 15.3. The molecule has 0 radical (unpaired) electrons. The summed E-state index contributed by atoms with van der Waals surface area (Å²) < 4.78 is 36.0. The number of rotatable bonds is 6. The average molecular weight is 357 g/mol. The Morgan fingerprint density at radius 1 is 1.08 bits per heavy atom. The molecule has 0 amide bonds. The van der Waals surface area contributed by atoms with Gasteiger partial charge in [0, 0.05) is 0 Å². The summed E-state index contributed by atoms with van der Waals surface area (Å²) in [6, 6.07) is 4.66. The van der Waals surface area contributed by atoms with Crippen molar-refractivity contribution in [1.29, 1.82) is 0 Å². The maximum absolute atomic E-state index is 12.1. The molecule has 7 nitrogen and oxygen atoms in total. The van der Waals surface area contributed by atoms with Gasteiger partial charge in [-0.05, 0) is 57.9 Å². The normalized spacial score (nSPS) is 11.9. The first kappa shape index (κ1) is 20.1. The number of aryl methyl sites for hydroxylation is 2. The fraction of sp³-hybridized carbons (Fsp3) is 0.500. The van der Waals surface area contributed by atoms with Crippen molar-refractivity contribution >= 4 is 22.0 Å². The van der Waals surface area contributed by atoms with Crippen molar-refractivity contribution in [2.75, 3.05) is 13.2 Å². The molecule has 0 aliphatic heterocycles. The molecule has 0 bridgehead atoms. The summed E-state index contributed by atoms with van der Waals surface area (Å²) in [5, 5.41) is 0. The van der Waals surface area contributed by atoms with Crippen molar-refractivity contribution in [2.45, 2.75) is 45.1 Å². The van der Waals surface area contributed by atoms with Gasteiger partial charge in [-0.1, -0.05) is 6.07 Å². The Balaban J connectivity index is 2.54. The highest BCUT2D eigenvalue weighted by atomic mass is 32.2. The minimum Gasteiger partial charge on any atom is -0.457 e. The predicted octanol–water partition coefficient (Wildman–Crippen LogP) is 1.47. The Hall–Kier alpha value is -1.93. The summed E-state index contributed by atoms with van der Waals surface area (Å²) in [4.78, 5) is 23.0. The molecule has 0 aliphatic carbocycles. The number of ether oxygens (including phenoxy) is 2. The monoisotopic (exact) mass is 357 g/mol. The number of carbonyl (C=O) groups excluding carboxylic acids is 2. The molecule has 134 valence electrons. The largest absolute Gasteiger partial charge is 0.457 e. The van der Waals surface area contributed by atoms with Crippen LogP contribution in [0.1, 0.15) is 31.9 Å². The van der Waals surface area contributed by atoms with E-state index >= 15 is 0 Å². The zero-order chi connectivity index (χ0) is 18.5. The van der Waals surface area contributed by atoms with Crippen LogP contribution in [0.15, 0.2) is 23.1 Å². The molecule has 0 atom stereocenters. The van der Waals surface area contributed by atoms with E-state index in [1.165, 1.54) is 12.1 Å². The number of sulfonamides is 1. The lowest BCUT2D eigenvalue weighted by Gasteiger charge is -2.19. The lowest BCUT2D eigenvalue weighted by molar-refractivity contribution is -0.166. The Morgan fingerprint density at radius 3 is 2.25 bits per heavy atom. The fourth-order valence-electron chi connectivity index (χ4n) is 1.68. The maximum Gasteiger partial charge on any atom is 0.344 e. The number of hydrogen-bond acceptors (Lipinski definition) is 6. The van der Waals surface area contributed by atoms with Crippen LogP contribution in [0.5, 0.6) is 0 Å². The van der Waals surface area contributed by atoms with Gasteiger partial charge in [0.15, 0.2) is 6.61 Å². The van der Waals surface area contributed by atoms with Gasteiger partial charge in [-0.2, -0.15) is 4.72 Å². The van der Waals surface area contributed by atoms with Gasteiger partial charge in [0.05, 0.1) is 4.90 Å². The predicted molar refractivity (Wildman–Crippen MR) is 87.9 cm³/mol. The second-order valence-electron chi connectivity index (χ2n) is 6.32. The zero-order valence-electron chi connectivity index (χ0n) is 14.5. The van der Waals surface area contributed by atoms with E-state index in [9.17, 15) is 18.0 Å². The Kier molecular flexibility index (Phi) is 6.50. The summed E-state index contributed by atoms with van der Waals surface area (Å²) in [5.74, 6) is -1.57. The van der Waals surface area contributed by atoms with Gasteiger partial charge in [-0.15, -0.1) is 0 Å². The van der Waals surface area contributed by atoms with Gasteiger partial charge in [0.25, 0.3) is 0 Å². The molecule has 0 fully saturated rings. The van der Waals surface area contributed by atoms with Crippen LogP contribution in [0.4, 0.5) is 0 Å². The van der Waals surface area contributed by atoms with Crippen molar-refractivity contribution in [2.24, 2.45) is 0 Å². The molecule has 1 rings (SSSR count). The molecule has 0 spiro atoms. The number of carbonyl (C=O) groups is 2. The standard InChI is InChI=1S/C16H23NO6S/c1-11-6-7-13(8-12(11)2)24(20,21)17-9-14(18)22-10-15(19)23-16(3,4)5/h6-8,17H,9-10H2,1-5H3. The van der Waals surface area contributed by atoms with Crippen LogP contribution in [-0.4, -0.2) is 39.1 Å². The molecule has 1 N–H and O–H groups in total. The van der Waals surface area contributed by atoms with E-state index in [0.29, 0.717) is 0 Å². The number of esters is 2. The Bertz CT molecular complexity index is 719. The van der Waals surface area contributed by atoms with E-state index in [1.54, 1.807) is 33.8 Å². The van der Waals surface area contributed by atoms with Crippen LogP contribution in [0, 0.1) is 13.8 Å². The number of hydrogen-bond donors (Lipinski definition) is 1. The third-order valence-electron chi connectivity index (χ3n) is 2.97. The van der Waals surface area contributed by atoms with Gasteiger partial charge in [0.2, 0.25) is 10.0 Å². The Labute approximate surface area is 142 Å². The summed E-state index contributed by atoms with van der Waals surface area (Å²) >= 11 is 0. The SMILES string of the molecule is Cc1ccc(S(=O)(=O)NCC(=O)OCC(=O)OC(C)(C)C)cc1C. The molecular formula is C16H23NO6S. The highest BCUT2D eigenvalue weighted by Crippen LogP contribution is 2.14. The van der Waals surface area contributed by atoms with E-state index in [0.717, 1.165) is 11.1 Å². The molecule has 1 aromatic rings. The molecule has 0 saturated carbocycles. The third kappa shape index (κ3) is 6.67. The van der Waals surface area contributed by atoms with Crippen LogP contribution >= 0.6 is 0 Å². The summed E-state index contributed by atoms with van der Waals surface area (Å²) in [7, 11) is -3.83. The first-order valence-corrected chi connectivity index (χ1v) is 8.83. The van der Waals surface area contributed by atoms with Crippen molar-refractivity contribution in [3.63, 3.8) is 0 Å². The molecule has 8 heteroatoms. The highest BCUT2D eigenvalue weighted by molar-refractivity contribution is 7.89. The second-order valence-corrected chi connectivity index (χ2v) is 8.08. The molecule has 0 aliphatic rings. The van der Waals surface area contributed by atoms with Crippen molar-refractivity contribution in [3.05, 3.63) is 29.3 Å². The summed E-state index contributed by atoms with van der Waals surface area (Å²) in [6.07, 6.45) is 0. The fourth-order valence-corrected chi connectivity index (χ4v) is 2.73. The van der Waals surface area contributed by atoms with E-state index in [1.807, 2.05) is 6.92 Å². The third-order valence-corrected chi connectivity index (χ3v) is 4.37. The van der Waals surface area contributed by atoms with Crippen LogP contribution in [0.3, 0.4) is 0 Å². The topological polar surface area (TPSA) is 98.8 Å². The highest BCUT2D eigenvalue weighted by Gasteiger charge is 2.19. The van der Waals surface area contributed by atoms with E-state index in [-0.39, 0.29) is 4.90 Å². The quantitative estimate of drug-likeness (QED) is 0.774. The van der Waals surface area contributed by atoms with Crippen LogP contribution < -0.4 is 4.72 Å². The molecule has 1 aromatic carbocycles. The maximum atomic E-state index is 12.1. The summed E-state index contributed by atoms with van der Waals surface area (Å²) in [5.41, 5.74) is 1.10. The molecule has 0 heterocycles. The molecule has 0 aromatic heterocycles. The lowest BCUT2D eigenvalue weighted by atomic mass is 10.1.